The number of benzene rings is 3. The summed E-state index contributed by atoms with van der Waals surface area (Å²) >= 11 is 6.54. The highest BCUT2D eigenvalue weighted by molar-refractivity contribution is 6.31. The minimum Gasteiger partial charge on any atom is -0.490 e. The van der Waals surface area contributed by atoms with Crippen molar-refractivity contribution in [3.8, 4) is 11.5 Å². The molecule has 8 heteroatoms. The van der Waals surface area contributed by atoms with Crippen LogP contribution in [0.5, 0.6) is 11.5 Å². The second kappa shape index (κ2) is 12.0. The van der Waals surface area contributed by atoms with E-state index in [1.54, 1.807) is 0 Å². The van der Waals surface area contributed by atoms with E-state index in [0.29, 0.717) is 41.8 Å². The van der Waals surface area contributed by atoms with E-state index in [2.05, 4.69) is 10.2 Å². The van der Waals surface area contributed by atoms with Crippen molar-refractivity contribution in [3.05, 3.63) is 94.0 Å². The molecule has 1 atom stereocenters. The van der Waals surface area contributed by atoms with Gasteiger partial charge in [-0.2, -0.15) is 13.2 Å². The zero-order valence-corrected chi connectivity index (χ0v) is 20.9. The summed E-state index contributed by atoms with van der Waals surface area (Å²) in [4.78, 5) is 2.18. The van der Waals surface area contributed by atoms with Crippen LogP contribution in [-0.4, -0.2) is 37.7 Å². The fourth-order valence-corrected chi connectivity index (χ4v) is 4.68. The zero-order chi connectivity index (χ0) is 25.5. The van der Waals surface area contributed by atoms with E-state index in [9.17, 15) is 13.2 Å². The molecule has 4 rings (SSSR count). The van der Waals surface area contributed by atoms with Crippen molar-refractivity contribution in [3.63, 3.8) is 0 Å². The van der Waals surface area contributed by atoms with E-state index < -0.39 is 17.8 Å². The Balaban J connectivity index is 1.74. The molecule has 1 aliphatic rings. The number of hydrogen-bond donors (Lipinski definition) is 1. The van der Waals surface area contributed by atoms with Crippen LogP contribution in [-0.2, 0) is 12.8 Å². The van der Waals surface area contributed by atoms with Crippen LogP contribution in [0.1, 0.15) is 41.6 Å². The van der Waals surface area contributed by atoms with Gasteiger partial charge in [-0.3, -0.25) is 4.90 Å². The van der Waals surface area contributed by atoms with Crippen LogP contribution in [0.15, 0.2) is 66.7 Å². The molecular weight excluding hydrogens is 489 g/mol. The average molecular weight is 519 g/mol. The molecule has 1 saturated heterocycles. The van der Waals surface area contributed by atoms with E-state index in [1.165, 1.54) is 12.1 Å². The second-order valence-electron chi connectivity index (χ2n) is 8.69. The first-order valence-electron chi connectivity index (χ1n) is 12.1. The van der Waals surface area contributed by atoms with Gasteiger partial charge in [-0.15, -0.1) is 0 Å². The van der Waals surface area contributed by atoms with Crippen LogP contribution in [0, 0.1) is 0 Å². The molecule has 0 aliphatic carbocycles. The molecule has 0 bridgehead atoms. The molecule has 192 valence electrons. The standard InChI is InChI=1S/C28H30ClF3N2O2/c1-2-35-26-17-21(9-12-25(26)36-19-20-7-4-3-5-8-20)27(34-15-6-13-33-14-16-34)23-18-22(28(30,31)32)10-11-24(23)29/h3-5,7-12,17-18,27,33H,2,6,13-16,19H2,1H3. The molecule has 1 heterocycles. The Morgan fingerprint density at radius 2 is 1.75 bits per heavy atom. The van der Waals surface area contributed by atoms with Gasteiger partial charge in [0, 0.05) is 24.7 Å². The Labute approximate surface area is 215 Å². The minimum absolute atomic E-state index is 0.299. The van der Waals surface area contributed by atoms with Crippen molar-refractivity contribution in [2.75, 3.05) is 32.8 Å². The van der Waals surface area contributed by atoms with E-state index in [1.807, 2.05) is 55.5 Å². The molecule has 3 aromatic carbocycles. The van der Waals surface area contributed by atoms with Crippen molar-refractivity contribution in [2.24, 2.45) is 0 Å². The molecule has 0 saturated carbocycles. The lowest BCUT2D eigenvalue weighted by molar-refractivity contribution is -0.137. The number of hydrogen-bond acceptors (Lipinski definition) is 4. The zero-order valence-electron chi connectivity index (χ0n) is 20.2. The van der Waals surface area contributed by atoms with Gasteiger partial charge in [-0.1, -0.05) is 48.0 Å². The fourth-order valence-electron chi connectivity index (χ4n) is 4.46. The average Bonchev–Trinajstić information content (AvgIpc) is 3.14. The van der Waals surface area contributed by atoms with Gasteiger partial charge < -0.3 is 14.8 Å². The number of alkyl halides is 3. The summed E-state index contributed by atoms with van der Waals surface area (Å²) in [5, 5.41) is 3.66. The number of nitrogens with one attached hydrogen (secondary N) is 1. The molecule has 0 spiro atoms. The van der Waals surface area contributed by atoms with Gasteiger partial charge in [0.05, 0.1) is 18.2 Å². The van der Waals surface area contributed by atoms with E-state index in [0.717, 1.165) is 43.2 Å². The number of rotatable bonds is 8. The highest BCUT2D eigenvalue weighted by Gasteiger charge is 2.33. The maximum absolute atomic E-state index is 13.6. The summed E-state index contributed by atoms with van der Waals surface area (Å²) in [5.41, 5.74) is 1.53. The highest BCUT2D eigenvalue weighted by Crippen LogP contribution is 2.41. The Morgan fingerprint density at radius 3 is 2.50 bits per heavy atom. The molecule has 36 heavy (non-hydrogen) atoms. The van der Waals surface area contributed by atoms with E-state index in [-0.39, 0.29) is 0 Å². The molecule has 1 N–H and O–H groups in total. The van der Waals surface area contributed by atoms with Crippen molar-refractivity contribution in [1.82, 2.24) is 10.2 Å². The van der Waals surface area contributed by atoms with Gasteiger partial charge in [-0.05, 0) is 66.9 Å². The van der Waals surface area contributed by atoms with E-state index in [4.69, 9.17) is 21.1 Å². The largest absolute Gasteiger partial charge is 0.490 e. The lowest BCUT2D eigenvalue weighted by Crippen LogP contribution is -2.33. The van der Waals surface area contributed by atoms with Crippen LogP contribution in [0.4, 0.5) is 13.2 Å². The molecule has 1 fully saturated rings. The maximum Gasteiger partial charge on any atom is 0.416 e. The van der Waals surface area contributed by atoms with Crippen LogP contribution in [0.3, 0.4) is 0 Å². The van der Waals surface area contributed by atoms with Gasteiger partial charge in [0.25, 0.3) is 0 Å². The number of halogens is 4. The molecule has 0 radical (unpaired) electrons. The SMILES string of the molecule is CCOc1cc(C(c2cc(C(F)(F)F)ccc2Cl)N2CCCNCC2)ccc1OCc1ccccc1. The topological polar surface area (TPSA) is 33.7 Å². The monoisotopic (exact) mass is 518 g/mol. The van der Waals surface area contributed by atoms with Crippen LogP contribution in [0.25, 0.3) is 0 Å². The van der Waals surface area contributed by atoms with Crippen molar-refractivity contribution in [2.45, 2.75) is 32.2 Å². The smallest absolute Gasteiger partial charge is 0.416 e. The molecule has 1 unspecified atom stereocenters. The predicted octanol–water partition coefficient (Wildman–Crippen LogP) is 6.72. The van der Waals surface area contributed by atoms with Gasteiger partial charge >= 0.3 is 6.18 Å². The summed E-state index contributed by atoms with van der Waals surface area (Å²) in [7, 11) is 0. The van der Waals surface area contributed by atoms with Crippen LogP contribution >= 0.6 is 11.6 Å². The molecule has 4 nitrogen and oxygen atoms in total. The third kappa shape index (κ3) is 6.52. The summed E-state index contributed by atoms with van der Waals surface area (Å²) in [6.45, 7) is 5.68. The minimum atomic E-state index is -4.46. The van der Waals surface area contributed by atoms with Crippen LogP contribution < -0.4 is 14.8 Å². The lowest BCUT2D eigenvalue weighted by atomic mass is 9.94. The lowest BCUT2D eigenvalue weighted by Gasteiger charge is -2.32. The predicted molar refractivity (Wildman–Crippen MR) is 136 cm³/mol. The Morgan fingerprint density at radius 1 is 0.944 bits per heavy atom. The molecule has 0 amide bonds. The van der Waals surface area contributed by atoms with Crippen molar-refractivity contribution < 1.29 is 22.6 Å². The van der Waals surface area contributed by atoms with Crippen molar-refractivity contribution in [1.29, 1.82) is 0 Å². The Bertz CT molecular complexity index is 1130. The molecule has 0 aromatic heterocycles. The van der Waals surface area contributed by atoms with Gasteiger partial charge in [0.2, 0.25) is 0 Å². The molecule has 3 aromatic rings. The summed E-state index contributed by atoms with van der Waals surface area (Å²) in [5.74, 6) is 1.13. The highest BCUT2D eigenvalue weighted by atomic mass is 35.5. The summed E-state index contributed by atoms with van der Waals surface area (Å²) in [6.07, 6.45) is -3.58. The van der Waals surface area contributed by atoms with Gasteiger partial charge in [0.15, 0.2) is 11.5 Å². The van der Waals surface area contributed by atoms with Crippen molar-refractivity contribution >= 4 is 11.6 Å². The second-order valence-corrected chi connectivity index (χ2v) is 9.10. The molecular formula is C28H30ClF3N2O2. The Hall–Kier alpha value is -2.74. The first kappa shape index (κ1) is 26.3. The van der Waals surface area contributed by atoms with Gasteiger partial charge in [-0.25, -0.2) is 0 Å². The van der Waals surface area contributed by atoms with Gasteiger partial charge in [0.1, 0.15) is 6.61 Å². The molecule has 1 aliphatic heterocycles. The number of ether oxygens (including phenoxy) is 2. The van der Waals surface area contributed by atoms with Crippen LogP contribution in [0.2, 0.25) is 5.02 Å². The third-order valence-electron chi connectivity index (χ3n) is 6.18. The number of nitrogens with zero attached hydrogens (tertiary/aromatic N) is 1. The fraction of sp³-hybridized carbons (Fsp3) is 0.357. The maximum atomic E-state index is 13.6. The normalized spacial score (nSPS) is 15.8. The summed E-state index contributed by atoms with van der Waals surface area (Å²) < 4.78 is 52.8. The Kier molecular flexibility index (Phi) is 8.77. The quantitative estimate of drug-likeness (QED) is 0.359. The third-order valence-corrected chi connectivity index (χ3v) is 6.52. The first-order valence-corrected chi connectivity index (χ1v) is 12.5. The van der Waals surface area contributed by atoms with E-state index >= 15 is 0 Å². The first-order chi connectivity index (χ1) is 17.4. The summed E-state index contributed by atoms with van der Waals surface area (Å²) in [6, 6.07) is 18.5.